The minimum Gasteiger partial charge on any atom is -0.490 e. The normalized spacial score (nSPS) is 12.9. The van der Waals surface area contributed by atoms with E-state index in [2.05, 4.69) is 12.2 Å². The van der Waals surface area contributed by atoms with Crippen molar-refractivity contribution in [3.8, 4) is 5.75 Å². The van der Waals surface area contributed by atoms with Gasteiger partial charge in [0.05, 0.1) is 17.1 Å². The monoisotopic (exact) mass is 340 g/mol. The number of amides is 1. The summed E-state index contributed by atoms with van der Waals surface area (Å²) in [5.74, 6) is 0.635. The van der Waals surface area contributed by atoms with Gasteiger partial charge in [-0.1, -0.05) is 30.7 Å². The molecule has 24 heavy (non-hydrogen) atoms. The third-order valence-electron chi connectivity index (χ3n) is 4.37. The van der Waals surface area contributed by atoms with Crippen LogP contribution in [-0.4, -0.2) is 17.1 Å². The quantitative estimate of drug-likeness (QED) is 0.762. The maximum atomic E-state index is 12.8. The molecule has 0 saturated heterocycles. The number of aryl methyl sites for hydroxylation is 1. The number of carbonyl (C=O) groups excluding carboxylic acids is 1. The maximum Gasteiger partial charge on any atom is 0.272 e. The Balaban J connectivity index is 1.75. The lowest BCUT2D eigenvalue weighted by atomic mass is 10.1. The molecule has 2 heterocycles. The van der Waals surface area contributed by atoms with Gasteiger partial charge in [-0.15, -0.1) is 0 Å². The van der Waals surface area contributed by atoms with Gasteiger partial charge >= 0.3 is 0 Å². The molecular weight excluding hydrogens is 324 g/mol. The van der Waals surface area contributed by atoms with E-state index >= 15 is 0 Å². The molecule has 4 nitrogen and oxygen atoms in total. The minimum atomic E-state index is -0.136. The zero-order valence-electron chi connectivity index (χ0n) is 13.3. The van der Waals surface area contributed by atoms with E-state index in [0.717, 1.165) is 28.8 Å². The van der Waals surface area contributed by atoms with Gasteiger partial charge in [0, 0.05) is 11.1 Å². The van der Waals surface area contributed by atoms with Crippen LogP contribution < -0.4 is 10.1 Å². The fraction of sp³-hybridized carbons (Fsp3) is 0.211. The lowest BCUT2D eigenvalue weighted by molar-refractivity contribution is 0.101. The van der Waals surface area contributed by atoms with E-state index in [1.165, 1.54) is 5.56 Å². The Morgan fingerprint density at radius 3 is 3.00 bits per heavy atom. The van der Waals surface area contributed by atoms with E-state index in [9.17, 15) is 4.79 Å². The summed E-state index contributed by atoms with van der Waals surface area (Å²) in [6.45, 7) is 3.27. The number of carbonyl (C=O) groups is 1. The molecule has 0 spiro atoms. The number of nitrogens with zero attached hydrogens (tertiary/aromatic N) is 1. The van der Waals surface area contributed by atoms with E-state index in [1.54, 1.807) is 6.07 Å². The molecule has 0 saturated carbocycles. The highest BCUT2D eigenvalue weighted by molar-refractivity contribution is 6.36. The maximum absolute atomic E-state index is 12.8. The molecule has 0 atom stereocenters. The summed E-state index contributed by atoms with van der Waals surface area (Å²) in [6, 6.07) is 13.4. The Morgan fingerprint density at radius 1 is 1.29 bits per heavy atom. The number of halogens is 1. The van der Waals surface area contributed by atoms with Crippen molar-refractivity contribution >= 4 is 34.1 Å². The smallest absolute Gasteiger partial charge is 0.272 e. The summed E-state index contributed by atoms with van der Waals surface area (Å²) < 4.78 is 7.67. The van der Waals surface area contributed by atoms with Gasteiger partial charge in [0.25, 0.3) is 5.91 Å². The molecule has 122 valence electrons. The van der Waals surface area contributed by atoms with Crippen molar-refractivity contribution in [1.82, 2.24) is 4.57 Å². The molecule has 1 aromatic heterocycles. The number of aromatic nitrogens is 1. The van der Waals surface area contributed by atoms with Crippen molar-refractivity contribution in [3.05, 3.63) is 58.7 Å². The van der Waals surface area contributed by atoms with Crippen molar-refractivity contribution in [2.24, 2.45) is 0 Å². The number of benzene rings is 2. The summed E-state index contributed by atoms with van der Waals surface area (Å²) >= 11 is 6.30. The first-order valence-corrected chi connectivity index (χ1v) is 8.40. The van der Waals surface area contributed by atoms with E-state index in [0.29, 0.717) is 23.9 Å². The van der Waals surface area contributed by atoms with Crippen LogP contribution in [0, 0.1) is 0 Å². The molecule has 5 heteroatoms. The molecule has 4 rings (SSSR count). The van der Waals surface area contributed by atoms with Crippen LogP contribution in [-0.2, 0) is 13.0 Å². The van der Waals surface area contributed by atoms with Crippen LogP contribution in [0.2, 0.25) is 5.02 Å². The molecule has 2 aromatic carbocycles. The van der Waals surface area contributed by atoms with E-state index in [4.69, 9.17) is 16.3 Å². The Labute approximate surface area is 145 Å². The second-order valence-electron chi connectivity index (χ2n) is 5.85. The van der Waals surface area contributed by atoms with Crippen LogP contribution in [0.3, 0.4) is 0 Å². The van der Waals surface area contributed by atoms with E-state index in [-0.39, 0.29) is 5.91 Å². The predicted octanol–water partition coefficient (Wildman–Crippen LogP) is 4.50. The molecule has 1 aliphatic rings. The van der Waals surface area contributed by atoms with Crippen LogP contribution in [0.25, 0.3) is 10.9 Å². The van der Waals surface area contributed by atoms with Crippen LogP contribution in [0.1, 0.15) is 23.0 Å². The van der Waals surface area contributed by atoms with Crippen molar-refractivity contribution in [2.45, 2.75) is 19.9 Å². The lowest BCUT2D eigenvalue weighted by Crippen LogP contribution is -2.21. The fourth-order valence-corrected chi connectivity index (χ4v) is 3.37. The second-order valence-corrected chi connectivity index (χ2v) is 6.25. The SMILES string of the molecule is CCc1cccc(NC(=O)c2cc3c(Cl)ccc4c3n2CCO4)c1. The standard InChI is InChI=1S/C19H17ClN2O2/c1-2-12-4-3-5-13(10-12)21-19(23)16-11-14-15(20)6-7-17-18(14)22(16)8-9-24-17/h3-7,10-11H,2,8-9H2,1H3,(H,21,23). The summed E-state index contributed by atoms with van der Waals surface area (Å²) in [4.78, 5) is 12.8. The summed E-state index contributed by atoms with van der Waals surface area (Å²) in [5, 5.41) is 4.46. The topological polar surface area (TPSA) is 43.3 Å². The number of anilines is 1. The van der Waals surface area contributed by atoms with Crippen molar-refractivity contribution in [3.63, 3.8) is 0 Å². The molecular formula is C19H17ClN2O2. The fourth-order valence-electron chi connectivity index (χ4n) is 3.16. The Bertz CT molecular complexity index is 946. The highest BCUT2D eigenvalue weighted by atomic mass is 35.5. The zero-order chi connectivity index (χ0) is 16.7. The van der Waals surface area contributed by atoms with Crippen LogP contribution in [0.15, 0.2) is 42.5 Å². The highest BCUT2D eigenvalue weighted by Crippen LogP contribution is 2.36. The van der Waals surface area contributed by atoms with Gasteiger partial charge in [-0.3, -0.25) is 4.79 Å². The molecule has 0 radical (unpaired) electrons. The molecule has 0 fully saturated rings. The second kappa shape index (κ2) is 5.87. The average molecular weight is 341 g/mol. The molecule has 1 amide bonds. The van der Waals surface area contributed by atoms with Crippen molar-refractivity contribution in [2.75, 3.05) is 11.9 Å². The minimum absolute atomic E-state index is 0.136. The van der Waals surface area contributed by atoms with Gasteiger partial charge < -0.3 is 14.6 Å². The Kier molecular flexibility index (Phi) is 3.69. The molecule has 0 bridgehead atoms. The lowest BCUT2D eigenvalue weighted by Gasteiger charge is -2.19. The van der Waals surface area contributed by atoms with Gasteiger partial charge in [-0.2, -0.15) is 0 Å². The number of hydrogen-bond donors (Lipinski definition) is 1. The molecule has 3 aromatic rings. The van der Waals surface area contributed by atoms with Gasteiger partial charge in [0.1, 0.15) is 18.1 Å². The first-order chi connectivity index (χ1) is 11.7. The van der Waals surface area contributed by atoms with Gasteiger partial charge in [0.15, 0.2) is 0 Å². The number of ether oxygens (including phenoxy) is 1. The average Bonchev–Trinajstić information content (AvgIpc) is 3.00. The van der Waals surface area contributed by atoms with Crippen molar-refractivity contribution in [1.29, 1.82) is 0 Å². The Hall–Kier alpha value is -2.46. The molecule has 1 aliphatic heterocycles. The van der Waals surface area contributed by atoms with Crippen molar-refractivity contribution < 1.29 is 9.53 Å². The van der Waals surface area contributed by atoms with Gasteiger partial charge in [0.2, 0.25) is 0 Å². The molecule has 0 unspecified atom stereocenters. The third-order valence-corrected chi connectivity index (χ3v) is 4.70. The summed E-state index contributed by atoms with van der Waals surface area (Å²) in [5.41, 5.74) is 3.48. The first kappa shape index (κ1) is 15.1. The summed E-state index contributed by atoms with van der Waals surface area (Å²) in [7, 11) is 0. The Morgan fingerprint density at radius 2 is 2.17 bits per heavy atom. The van der Waals surface area contributed by atoms with E-state index in [1.807, 2.05) is 41.0 Å². The number of nitrogens with one attached hydrogen (secondary N) is 1. The summed E-state index contributed by atoms with van der Waals surface area (Å²) in [6.07, 6.45) is 0.931. The number of rotatable bonds is 3. The van der Waals surface area contributed by atoms with Gasteiger partial charge in [-0.25, -0.2) is 0 Å². The van der Waals surface area contributed by atoms with Crippen LogP contribution in [0.4, 0.5) is 5.69 Å². The highest BCUT2D eigenvalue weighted by Gasteiger charge is 2.23. The number of hydrogen-bond acceptors (Lipinski definition) is 2. The predicted molar refractivity (Wildman–Crippen MR) is 96.2 cm³/mol. The third kappa shape index (κ3) is 2.43. The van der Waals surface area contributed by atoms with Crippen LogP contribution >= 0.6 is 11.6 Å². The molecule has 0 aliphatic carbocycles. The largest absolute Gasteiger partial charge is 0.490 e. The molecule has 1 N–H and O–H groups in total. The zero-order valence-corrected chi connectivity index (χ0v) is 14.1. The van der Waals surface area contributed by atoms with Crippen LogP contribution in [0.5, 0.6) is 5.75 Å². The van der Waals surface area contributed by atoms with E-state index < -0.39 is 0 Å². The van der Waals surface area contributed by atoms with Gasteiger partial charge in [-0.05, 0) is 42.3 Å². The first-order valence-electron chi connectivity index (χ1n) is 8.02.